The molecule has 2 aromatic rings. The number of aromatic nitrogens is 1. The van der Waals surface area contributed by atoms with Crippen molar-refractivity contribution >= 4 is 54.8 Å². The lowest BCUT2D eigenvalue weighted by molar-refractivity contribution is 0.600. The van der Waals surface area contributed by atoms with Crippen molar-refractivity contribution in [3.63, 3.8) is 0 Å². The Bertz CT molecular complexity index is 722. The largest absolute Gasteiger partial charge is 0.278 e. The van der Waals surface area contributed by atoms with E-state index in [1.807, 2.05) is 0 Å². The fraction of sp³-hybridized carbons (Fsp3) is 0. The molecule has 2 rings (SSSR count). The Morgan fingerprint density at radius 1 is 1.16 bits per heavy atom. The summed E-state index contributed by atoms with van der Waals surface area (Å²) >= 11 is 14.9. The first-order valence-electron chi connectivity index (χ1n) is 4.97. The first kappa shape index (κ1) is 14.6. The van der Waals surface area contributed by atoms with E-state index in [9.17, 15) is 8.42 Å². The molecule has 0 bridgehead atoms. The number of benzene rings is 1. The maximum Gasteiger partial charge on any atom is 0.263 e. The van der Waals surface area contributed by atoms with Crippen LogP contribution in [-0.2, 0) is 10.0 Å². The summed E-state index contributed by atoms with van der Waals surface area (Å²) in [5.41, 5.74) is 0.217. The fourth-order valence-electron chi connectivity index (χ4n) is 1.32. The Kier molecular flexibility index (Phi) is 4.35. The van der Waals surface area contributed by atoms with Crippen molar-refractivity contribution in [2.45, 2.75) is 4.90 Å². The van der Waals surface area contributed by atoms with Crippen LogP contribution >= 0.6 is 39.1 Å². The van der Waals surface area contributed by atoms with Gasteiger partial charge in [0.25, 0.3) is 10.0 Å². The van der Waals surface area contributed by atoms with Crippen LogP contribution in [0.4, 0.5) is 5.69 Å². The lowest BCUT2D eigenvalue weighted by Gasteiger charge is -2.09. The second-order valence-corrected chi connectivity index (χ2v) is 7.01. The molecule has 0 unspecified atom stereocenters. The molecule has 8 heteroatoms. The molecule has 1 aromatic carbocycles. The lowest BCUT2D eigenvalue weighted by Crippen LogP contribution is -2.13. The molecule has 0 fully saturated rings. The molecular weight excluding hydrogens is 375 g/mol. The van der Waals surface area contributed by atoms with Crippen molar-refractivity contribution < 1.29 is 8.42 Å². The monoisotopic (exact) mass is 380 g/mol. The SMILES string of the molecule is O=S(=O)(Nc1cc(Cl)ccc1Cl)c1cncc(Br)c1. The van der Waals surface area contributed by atoms with E-state index in [4.69, 9.17) is 23.2 Å². The minimum Gasteiger partial charge on any atom is -0.278 e. The Balaban J connectivity index is 2.39. The molecule has 100 valence electrons. The number of nitrogens with one attached hydrogen (secondary N) is 1. The summed E-state index contributed by atoms with van der Waals surface area (Å²) < 4.78 is 27.2. The van der Waals surface area contributed by atoms with E-state index in [0.717, 1.165) is 0 Å². The van der Waals surface area contributed by atoms with E-state index in [-0.39, 0.29) is 15.6 Å². The maximum absolute atomic E-state index is 12.1. The third kappa shape index (κ3) is 3.60. The molecule has 4 nitrogen and oxygen atoms in total. The smallest absolute Gasteiger partial charge is 0.263 e. The average Bonchev–Trinajstić information content (AvgIpc) is 2.33. The quantitative estimate of drug-likeness (QED) is 0.875. The zero-order valence-electron chi connectivity index (χ0n) is 9.27. The summed E-state index contributed by atoms with van der Waals surface area (Å²) in [7, 11) is -3.76. The maximum atomic E-state index is 12.1. The second kappa shape index (κ2) is 5.66. The van der Waals surface area contributed by atoms with Gasteiger partial charge in [0.05, 0.1) is 10.7 Å². The normalized spacial score (nSPS) is 11.3. The van der Waals surface area contributed by atoms with Gasteiger partial charge in [-0.05, 0) is 40.2 Å². The number of rotatable bonds is 3. The van der Waals surface area contributed by atoms with Crippen LogP contribution in [0.3, 0.4) is 0 Å². The summed E-state index contributed by atoms with van der Waals surface area (Å²) in [6, 6.07) is 5.96. The number of anilines is 1. The molecule has 0 radical (unpaired) electrons. The fourth-order valence-corrected chi connectivity index (χ4v) is 3.29. The number of sulfonamides is 1. The highest BCUT2D eigenvalue weighted by Crippen LogP contribution is 2.28. The van der Waals surface area contributed by atoms with E-state index in [1.54, 1.807) is 6.07 Å². The standard InChI is InChI=1S/C11H7BrCl2N2O2S/c12-7-3-9(6-15-5-7)19(17,18)16-11-4-8(13)1-2-10(11)14/h1-6,16H. The first-order valence-corrected chi connectivity index (χ1v) is 8.00. The molecule has 0 saturated heterocycles. The molecule has 0 aliphatic rings. The van der Waals surface area contributed by atoms with Crippen molar-refractivity contribution in [1.29, 1.82) is 0 Å². The lowest BCUT2D eigenvalue weighted by atomic mass is 10.3. The van der Waals surface area contributed by atoms with Crippen LogP contribution in [-0.4, -0.2) is 13.4 Å². The summed E-state index contributed by atoms with van der Waals surface area (Å²) in [6.45, 7) is 0. The summed E-state index contributed by atoms with van der Waals surface area (Å²) in [6.07, 6.45) is 2.73. The average molecular weight is 382 g/mol. The number of pyridine rings is 1. The Morgan fingerprint density at radius 2 is 1.89 bits per heavy atom. The van der Waals surface area contributed by atoms with E-state index in [1.165, 1.54) is 30.6 Å². The van der Waals surface area contributed by atoms with Crippen LogP contribution in [0, 0.1) is 0 Å². The molecule has 1 N–H and O–H groups in total. The summed E-state index contributed by atoms with van der Waals surface area (Å²) in [5.74, 6) is 0. The predicted octanol–water partition coefficient (Wildman–Crippen LogP) is 3.95. The summed E-state index contributed by atoms with van der Waals surface area (Å²) in [4.78, 5) is 3.83. The van der Waals surface area contributed by atoms with Gasteiger partial charge in [-0.1, -0.05) is 23.2 Å². The number of nitrogens with zero attached hydrogens (tertiary/aromatic N) is 1. The zero-order valence-corrected chi connectivity index (χ0v) is 13.2. The van der Waals surface area contributed by atoms with Gasteiger partial charge in [-0.15, -0.1) is 0 Å². The van der Waals surface area contributed by atoms with E-state index in [2.05, 4.69) is 25.6 Å². The van der Waals surface area contributed by atoms with Crippen molar-refractivity contribution in [2.24, 2.45) is 0 Å². The van der Waals surface area contributed by atoms with Gasteiger partial charge in [0.15, 0.2) is 0 Å². The molecule has 0 atom stereocenters. The highest BCUT2D eigenvalue weighted by Gasteiger charge is 2.16. The Morgan fingerprint density at radius 3 is 2.58 bits per heavy atom. The van der Waals surface area contributed by atoms with Crippen LogP contribution in [0.5, 0.6) is 0 Å². The van der Waals surface area contributed by atoms with Crippen molar-refractivity contribution in [2.75, 3.05) is 4.72 Å². The predicted molar refractivity (Wildman–Crippen MR) is 79.2 cm³/mol. The van der Waals surface area contributed by atoms with Gasteiger partial charge in [0, 0.05) is 21.9 Å². The van der Waals surface area contributed by atoms with Crippen LogP contribution in [0.15, 0.2) is 46.0 Å². The number of hydrogen-bond donors (Lipinski definition) is 1. The molecule has 19 heavy (non-hydrogen) atoms. The third-order valence-electron chi connectivity index (χ3n) is 2.16. The van der Waals surface area contributed by atoms with Gasteiger partial charge < -0.3 is 0 Å². The van der Waals surface area contributed by atoms with Gasteiger partial charge in [-0.25, -0.2) is 8.42 Å². The second-order valence-electron chi connectivity index (χ2n) is 3.57. The van der Waals surface area contributed by atoms with Crippen molar-refractivity contribution in [1.82, 2.24) is 4.98 Å². The zero-order chi connectivity index (χ0) is 14.0. The van der Waals surface area contributed by atoms with Crippen LogP contribution < -0.4 is 4.72 Å². The minimum absolute atomic E-state index is 0.0258. The molecule has 0 aliphatic carbocycles. The topological polar surface area (TPSA) is 59.1 Å². The van der Waals surface area contributed by atoms with Gasteiger partial charge in [-0.2, -0.15) is 0 Å². The van der Waals surface area contributed by atoms with Gasteiger partial charge in [0.1, 0.15) is 4.90 Å². The molecule has 0 spiro atoms. The molecule has 0 amide bonds. The number of halogens is 3. The van der Waals surface area contributed by atoms with E-state index in [0.29, 0.717) is 9.50 Å². The summed E-state index contributed by atoms with van der Waals surface area (Å²) in [5, 5.41) is 0.644. The van der Waals surface area contributed by atoms with Crippen molar-refractivity contribution in [3.8, 4) is 0 Å². The minimum atomic E-state index is -3.76. The van der Waals surface area contributed by atoms with Crippen LogP contribution in [0.25, 0.3) is 0 Å². The van der Waals surface area contributed by atoms with Gasteiger partial charge in [0.2, 0.25) is 0 Å². The third-order valence-corrected chi connectivity index (χ3v) is 4.49. The van der Waals surface area contributed by atoms with Gasteiger partial charge in [-0.3, -0.25) is 9.71 Å². The molecule has 0 saturated carbocycles. The molecule has 1 aromatic heterocycles. The molecule has 0 aliphatic heterocycles. The molecule has 1 heterocycles. The van der Waals surface area contributed by atoms with E-state index >= 15 is 0 Å². The number of hydrogen-bond acceptors (Lipinski definition) is 3. The Labute approximate surface area is 128 Å². The van der Waals surface area contributed by atoms with Gasteiger partial charge >= 0.3 is 0 Å². The first-order chi connectivity index (χ1) is 8.88. The van der Waals surface area contributed by atoms with Crippen LogP contribution in [0.2, 0.25) is 10.0 Å². The van der Waals surface area contributed by atoms with E-state index < -0.39 is 10.0 Å². The Hall–Kier alpha value is -0.820. The van der Waals surface area contributed by atoms with Crippen molar-refractivity contribution in [3.05, 3.63) is 51.2 Å². The van der Waals surface area contributed by atoms with Crippen LogP contribution in [0.1, 0.15) is 0 Å². The highest BCUT2D eigenvalue weighted by molar-refractivity contribution is 9.10. The highest BCUT2D eigenvalue weighted by atomic mass is 79.9. The molecular formula is C11H7BrCl2N2O2S.